The van der Waals surface area contributed by atoms with Crippen molar-refractivity contribution in [1.82, 2.24) is 29.6 Å². The molecule has 2 aromatic heterocycles. The number of rotatable bonds is 2. The number of nitrogens with zero attached hydrogens (tertiary/aromatic N) is 5. The van der Waals surface area contributed by atoms with Gasteiger partial charge in [-0.2, -0.15) is 5.10 Å². The number of aromatic amines is 1. The van der Waals surface area contributed by atoms with Crippen LogP contribution in [0.15, 0.2) is 18.7 Å². The highest BCUT2D eigenvalue weighted by Crippen LogP contribution is 2.24. The van der Waals surface area contributed by atoms with Crippen LogP contribution in [0.5, 0.6) is 0 Å². The summed E-state index contributed by atoms with van der Waals surface area (Å²) >= 11 is 0. The quantitative estimate of drug-likeness (QED) is 0.855. The number of aromatic nitrogens is 5. The highest BCUT2D eigenvalue weighted by Gasteiger charge is 2.28. The van der Waals surface area contributed by atoms with Crippen LogP contribution < -0.4 is 0 Å². The molecule has 0 saturated carbocycles. The highest BCUT2D eigenvalue weighted by atomic mass is 16.2. The number of nitrogens with one attached hydrogen (secondary N) is 1. The molecular weight excluding hydrogens is 244 g/mol. The van der Waals surface area contributed by atoms with Crippen molar-refractivity contribution in [1.29, 1.82) is 0 Å². The maximum absolute atomic E-state index is 12.4. The van der Waals surface area contributed by atoms with Crippen molar-refractivity contribution in [3.05, 3.63) is 30.4 Å². The summed E-state index contributed by atoms with van der Waals surface area (Å²) in [6.07, 6.45) is 6.94. The van der Waals surface area contributed by atoms with E-state index in [1.54, 1.807) is 17.0 Å². The zero-order chi connectivity index (χ0) is 13.2. The number of amides is 1. The molecule has 7 nitrogen and oxygen atoms in total. The van der Waals surface area contributed by atoms with Gasteiger partial charge in [0.1, 0.15) is 12.2 Å². The third kappa shape index (κ3) is 2.23. The Kier molecular flexibility index (Phi) is 3.02. The van der Waals surface area contributed by atoms with Crippen molar-refractivity contribution < 1.29 is 4.79 Å². The van der Waals surface area contributed by atoms with Gasteiger partial charge in [-0.15, -0.1) is 0 Å². The van der Waals surface area contributed by atoms with Gasteiger partial charge in [0, 0.05) is 38.4 Å². The van der Waals surface area contributed by atoms with E-state index in [0.29, 0.717) is 12.4 Å². The van der Waals surface area contributed by atoms with E-state index in [-0.39, 0.29) is 11.8 Å². The molecule has 1 fully saturated rings. The van der Waals surface area contributed by atoms with Gasteiger partial charge in [0.25, 0.3) is 5.91 Å². The Morgan fingerprint density at radius 2 is 2.37 bits per heavy atom. The van der Waals surface area contributed by atoms with Crippen LogP contribution in [-0.2, 0) is 7.05 Å². The Bertz CT molecular complexity index is 561. The molecule has 0 spiro atoms. The van der Waals surface area contributed by atoms with Crippen LogP contribution >= 0.6 is 0 Å². The molecule has 3 heterocycles. The molecule has 3 rings (SSSR count). The highest BCUT2D eigenvalue weighted by molar-refractivity contribution is 5.90. The molecular formula is C12H16N6O. The average Bonchev–Trinajstić information content (AvgIpc) is 3.09. The number of piperidine rings is 1. The fourth-order valence-electron chi connectivity index (χ4n) is 2.51. The lowest BCUT2D eigenvalue weighted by molar-refractivity contribution is 0.0688. The largest absolute Gasteiger partial charge is 0.335 e. The van der Waals surface area contributed by atoms with Gasteiger partial charge in [-0.3, -0.25) is 9.89 Å². The molecule has 1 aliphatic heterocycles. The van der Waals surface area contributed by atoms with E-state index in [0.717, 1.165) is 25.2 Å². The molecule has 1 aliphatic rings. The first-order valence-corrected chi connectivity index (χ1v) is 6.37. The van der Waals surface area contributed by atoms with Crippen LogP contribution in [0, 0.1) is 0 Å². The normalized spacial score (nSPS) is 19.6. The van der Waals surface area contributed by atoms with Crippen LogP contribution in [0.1, 0.15) is 35.2 Å². The number of aryl methyl sites for hydroxylation is 1. The lowest BCUT2D eigenvalue weighted by Crippen LogP contribution is -2.40. The minimum atomic E-state index is -0.0169. The number of likely N-dealkylation sites (tertiary alicyclic amines) is 1. The summed E-state index contributed by atoms with van der Waals surface area (Å²) < 4.78 is 1.75. The number of H-pyrrole nitrogens is 1. The molecule has 0 aromatic carbocycles. The minimum absolute atomic E-state index is 0.0169. The van der Waals surface area contributed by atoms with E-state index in [1.807, 2.05) is 11.9 Å². The molecule has 0 bridgehead atoms. The smallest absolute Gasteiger partial charge is 0.289 e. The zero-order valence-electron chi connectivity index (χ0n) is 10.8. The van der Waals surface area contributed by atoms with Crippen molar-refractivity contribution in [3.63, 3.8) is 0 Å². The van der Waals surface area contributed by atoms with E-state index in [1.165, 1.54) is 6.33 Å². The molecule has 100 valence electrons. The molecule has 0 radical (unpaired) electrons. The van der Waals surface area contributed by atoms with Gasteiger partial charge in [0.2, 0.25) is 0 Å². The Balaban J connectivity index is 1.75. The predicted octanol–water partition coefficient (Wildman–Crippen LogP) is 0.558. The zero-order valence-corrected chi connectivity index (χ0v) is 10.8. The molecule has 1 saturated heterocycles. The number of carbonyl (C=O) groups is 1. The molecule has 19 heavy (non-hydrogen) atoms. The first kappa shape index (κ1) is 11.9. The first-order chi connectivity index (χ1) is 9.25. The van der Waals surface area contributed by atoms with E-state index >= 15 is 0 Å². The molecule has 1 atom stereocenters. The molecule has 7 heteroatoms. The lowest BCUT2D eigenvalue weighted by atomic mass is 9.97. The predicted molar refractivity (Wildman–Crippen MR) is 67.5 cm³/mol. The molecule has 0 unspecified atom stereocenters. The topological polar surface area (TPSA) is 79.7 Å². The number of hydrogen-bond donors (Lipinski definition) is 1. The summed E-state index contributed by atoms with van der Waals surface area (Å²) in [5.41, 5.74) is 0. The third-order valence-corrected chi connectivity index (χ3v) is 3.54. The Morgan fingerprint density at radius 1 is 1.47 bits per heavy atom. The van der Waals surface area contributed by atoms with Crippen LogP contribution in [-0.4, -0.2) is 48.6 Å². The van der Waals surface area contributed by atoms with Gasteiger partial charge in [0.15, 0.2) is 5.82 Å². The Labute approximate surface area is 110 Å². The number of hydrogen-bond acceptors (Lipinski definition) is 4. The van der Waals surface area contributed by atoms with Gasteiger partial charge in [-0.1, -0.05) is 0 Å². The van der Waals surface area contributed by atoms with Gasteiger partial charge in [0.05, 0.1) is 0 Å². The van der Waals surface area contributed by atoms with E-state index in [9.17, 15) is 4.79 Å². The van der Waals surface area contributed by atoms with Crippen LogP contribution in [0.25, 0.3) is 0 Å². The summed E-state index contributed by atoms with van der Waals surface area (Å²) in [5.74, 6) is 1.56. The van der Waals surface area contributed by atoms with Gasteiger partial charge in [-0.05, 0) is 12.8 Å². The van der Waals surface area contributed by atoms with Crippen LogP contribution in [0.3, 0.4) is 0 Å². The summed E-state index contributed by atoms with van der Waals surface area (Å²) in [4.78, 5) is 22.5. The second kappa shape index (κ2) is 4.83. The Morgan fingerprint density at radius 3 is 3.05 bits per heavy atom. The van der Waals surface area contributed by atoms with Crippen molar-refractivity contribution in [2.24, 2.45) is 7.05 Å². The lowest BCUT2D eigenvalue weighted by Gasteiger charge is -2.31. The summed E-state index contributed by atoms with van der Waals surface area (Å²) in [5, 5.41) is 6.77. The van der Waals surface area contributed by atoms with Crippen molar-refractivity contribution in [2.75, 3.05) is 13.1 Å². The second-order valence-electron chi connectivity index (χ2n) is 4.82. The molecule has 2 aromatic rings. The van der Waals surface area contributed by atoms with E-state index in [4.69, 9.17) is 0 Å². The third-order valence-electron chi connectivity index (χ3n) is 3.54. The maximum atomic E-state index is 12.4. The van der Waals surface area contributed by atoms with E-state index < -0.39 is 0 Å². The SMILES string of the molecule is Cn1ccnc1C(=O)N1CCC[C@@H](c2ncn[nH]2)C1. The standard InChI is InChI=1S/C12H16N6O/c1-17-6-4-13-11(17)12(19)18-5-2-3-9(7-18)10-14-8-15-16-10/h4,6,8-9H,2-3,5,7H2,1H3,(H,14,15,16)/t9-/m1/s1. The Hall–Kier alpha value is -2.18. The first-order valence-electron chi connectivity index (χ1n) is 6.37. The van der Waals surface area contributed by atoms with E-state index in [2.05, 4.69) is 20.2 Å². The number of imidazole rings is 1. The summed E-state index contributed by atoms with van der Waals surface area (Å²) in [6.45, 7) is 1.44. The van der Waals surface area contributed by atoms with Crippen molar-refractivity contribution >= 4 is 5.91 Å². The van der Waals surface area contributed by atoms with Gasteiger partial charge < -0.3 is 9.47 Å². The monoisotopic (exact) mass is 260 g/mol. The minimum Gasteiger partial charge on any atom is -0.335 e. The fourth-order valence-corrected chi connectivity index (χ4v) is 2.51. The fraction of sp³-hybridized carbons (Fsp3) is 0.500. The van der Waals surface area contributed by atoms with Crippen LogP contribution in [0.4, 0.5) is 0 Å². The average molecular weight is 260 g/mol. The van der Waals surface area contributed by atoms with Crippen molar-refractivity contribution in [2.45, 2.75) is 18.8 Å². The van der Waals surface area contributed by atoms with Crippen molar-refractivity contribution in [3.8, 4) is 0 Å². The second-order valence-corrected chi connectivity index (χ2v) is 4.82. The summed E-state index contributed by atoms with van der Waals surface area (Å²) in [7, 11) is 1.83. The van der Waals surface area contributed by atoms with Crippen LogP contribution in [0.2, 0.25) is 0 Å². The summed E-state index contributed by atoms with van der Waals surface area (Å²) in [6, 6.07) is 0. The van der Waals surface area contributed by atoms with Gasteiger partial charge >= 0.3 is 0 Å². The number of carbonyl (C=O) groups excluding carboxylic acids is 1. The van der Waals surface area contributed by atoms with Gasteiger partial charge in [-0.25, -0.2) is 9.97 Å². The molecule has 1 N–H and O–H groups in total. The maximum Gasteiger partial charge on any atom is 0.289 e. The molecule has 1 amide bonds. The molecule has 0 aliphatic carbocycles.